The van der Waals surface area contributed by atoms with Gasteiger partial charge >= 0.3 is 6.09 Å². The maximum atomic E-state index is 11.5. The molecule has 1 spiro atoms. The van der Waals surface area contributed by atoms with Gasteiger partial charge in [0.2, 0.25) is 0 Å². The van der Waals surface area contributed by atoms with Crippen LogP contribution in [0.4, 0.5) is 4.79 Å². The van der Waals surface area contributed by atoms with E-state index in [1.165, 1.54) is 18.4 Å². The number of epoxide rings is 2. The Labute approximate surface area is 162 Å². The number of carbonyl (C=O) groups is 1. The van der Waals surface area contributed by atoms with E-state index in [9.17, 15) is 4.79 Å². The largest absolute Gasteiger partial charge is 0.444 e. The molecule has 3 aliphatic heterocycles. The number of carbonyl (C=O) groups excluding carboxylic acids is 1. The monoisotopic (exact) mass is 378 g/mol. The number of amides is 1. The zero-order chi connectivity index (χ0) is 19.2. The highest BCUT2D eigenvalue weighted by atomic mass is 16.7. The summed E-state index contributed by atoms with van der Waals surface area (Å²) in [5, 5.41) is 2.69. The second kappa shape index (κ2) is 7.05. The number of likely N-dealkylation sites (tertiary alicyclic amines) is 1. The van der Waals surface area contributed by atoms with E-state index in [1.807, 2.05) is 6.92 Å². The molecule has 3 heterocycles. The number of rotatable bonds is 6. The van der Waals surface area contributed by atoms with Gasteiger partial charge in [-0.1, -0.05) is 11.6 Å². The number of hydrogen-bond acceptors (Lipinski definition) is 5. The van der Waals surface area contributed by atoms with Gasteiger partial charge in [-0.25, -0.2) is 4.79 Å². The molecule has 1 saturated carbocycles. The lowest BCUT2D eigenvalue weighted by Gasteiger charge is -2.45. The predicted octanol–water partition coefficient (Wildman–Crippen LogP) is 3.01. The van der Waals surface area contributed by atoms with Crippen LogP contribution in [-0.2, 0) is 14.2 Å². The Hall–Kier alpha value is -1.11. The van der Waals surface area contributed by atoms with Gasteiger partial charge < -0.3 is 19.5 Å². The third kappa shape index (κ3) is 3.76. The van der Waals surface area contributed by atoms with Crippen LogP contribution in [0, 0.1) is 0 Å². The normalized spacial score (nSPS) is 41.0. The van der Waals surface area contributed by atoms with Crippen molar-refractivity contribution in [3.8, 4) is 0 Å². The van der Waals surface area contributed by atoms with E-state index < -0.39 is 0 Å². The van der Waals surface area contributed by atoms with E-state index >= 15 is 0 Å². The minimum atomic E-state index is -0.292. The van der Waals surface area contributed by atoms with Crippen molar-refractivity contribution in [3.63, 3.8) is 0 Å². The van der Waals surface area contributed by atoms with Crippen LogP contribution in [0.15, 0.2) is 11.6 Å². The highest BCUT2D eigenvalue weighted by Gasteiger charge is 2.73. The zero-order valence-corrected chi connectivity index (χ0v) is 17.1. The highest BCUT2D eigenvalue weighted by molar-refractivity contribution is 5.67. The Morgan fingerprint density at radius 3 is 2.59 bits per heavy atom. The molecule has 27 heavy (non-hydrogen) atoms. The molecule has 0 aromatic heterocycles. The van der Waals surface area contributed by atoms with Gasteiger partial charge in [-0.3, -0.25) is 4.90 Å². The molecule has 3 saturated heterocycles. The quantitative estimate of drug-likeness (QED) is 0.568. The maximum Gasteiger partial charge on any atom is 0.407 e. The van der Waals surface area contributed by atoms with Crippen LogP contribution < -0.4 is 5.32 Å². The topological polar surface area (TPSA) is 66.6 Å². The van der Waals surface area contributed by atoms with E-state index in [0.717, 1.165) is 32.4 Å². The molecule has 6 heteroatoms. The molecule has 0 aromatic carbocycles. The summed E-state index contributed by atoms with van der Waals surface area (Å²) in [6, 6.07) is 0.601. The Balaban J connectivity index is 1.19. The average molecular weight is 379 g/mol. The van der Waals surface area contributed by atoms with Crippen molar-refractivity contribution >= 4 is 6.09 Å². The number of ether oxygens (including phenoxy) is 3. The van der Waals surface area contributed by atoms with Gasteiger partial charge in [-0.05, 0) is 59.8 Å². The Morgan fingerprint density at radius 2 is 1.96 bits per heavy atom. The molecule has 152 valence electrons. The lowest BCUT2D eigenvalue weighted by molar-refractivity contribution is -0.0461. The van der Waals surface area contributed by atoms with E-state index in [0.29, 0.717) is 18.7 Å². The SMILES string of the molecule is CCNC(=O)OC1CN(C2CCC3(CC2)OC3[C@]2(C)O[C@@H]2CC=C(C)C)C1. The molecule has 6 nitrogen and oxygen atoms in total. The van der Waals surface area contributed by atoms with Gasteiger partial charge in [0.1, 0.15) is 17.8 Å². The first kappa shape index (κ1) is 19.2. The van der Waals surface area contributed by atoms with Gasteiger partial charge in [0.05, 0.1) is 11.7 Å². The van der Waals surface area contributed by atoms with Crippen molar-refractivity contribution in [2.45, 2.75) is 95.4 Å². The molecular weight excluding hydrogens is 344 g/mol. The van der Waals surface area contributed by atoms with Crippen molar-refractivity contribution in [1.82, 2.24) is 10.2 Å². The lowest BCUT2D eigenvalue weighted by Crippen LogP contribution is -2.58. The van der Waals surface area contributed by atoms with Crippen LogP contribution >= 0.6 is 0 Å². The summed E-state index contributed by atoms with van der Waals surface area (Å²) < 4.78 is 17.7. The van der Waals surface area contributed by atoms with E-state index in [-0.39, 0.29) is 29.5 Å². The summed E-state index contributed by atoms with van der Waals surface area (Å²) in [5.41, 5.74) is 1.33. The first-order chi connectivity index (χ1) is 12.9. The molecule has 0 aromatic rings. The molecule has 0 bridgehead atoms. The Morgan fingerprint density at radius 1 is 1.26 bits per heavy atom. The minimum Gasteiger partial charge on any atom is -0.444 e. The van der Waals surface area contributed by atoms with E-state index in [4.69, 9.17) is 14.2 Å². The average Bonchev–Trinajstić information content (AvgIpc) is 3.47. The predicted molar refractivity (Wildman–Crippen MR) is 103 cm³/mol. The first-order valence-electron chi connectivity index (χ1n) is 10.5. The summed E-state index contributed by atoms with van der Waals surface area (Å²) >= 11 is 0. The second-order valence-corrected chi connectivity index (χ2v) is 9.11. The van der Waals surface area contributed by atoms with Gasteiger partial charge in [0.25, 0.3) is 0 Å². The number of allylic oxidation sites excluding steroid dienone is 1. The van der Waals surface area contributed by atoms with Crippen molar-refractivity contribution in [3.05, 3.63) is 11.6 Å². The number of hydrogen-bond donors (Lipinski definition) is 1. The van der Waals surface area contributed by atoms with Crippen LogP contribution in [-0.4, -0.2) is 66.2 Å². The van der Waals surface area contributed by atoms with Crippen LogP contribution in [0.3, 0.4) is 0 Å². The van der Waals surface area contributed by atoms with Gasteiger partial charge in [0.15, 0.2) is 0 Å². The number of nitrogens with zero attached hydrogens (tertiary/aromatic N) is 1. The molecule has 3 atom stereocenters. The molecule has 4 fully saturated rings. The fraction of sp³-hybridized carbons (Fsp3) is 0.857. The van der Waals surface area contributed by atoms with Crippen molar-refractivity contribution in [1.29, 1.82) is 0 Å². The standard InChI is InChI=1S/C21H34N2O4/c1-5-22-19(24)25-16-12-23(13-16)15-8-10-21(11-9-15)18(27-21)20(4)17(26-20)7-6-14(2)3/h6,15-18H,5,7-13H2,1-4H3,(H,22,24)/t15?,17-,18?,20-,21?/m1/s1. The van der Waals surface area contributed by atoms with Crippen LogP contribution in [0.5, 0.6) is 0 Å². The van der Waals surface area contributed by atoms with Crippen molar-refractivity contribution < 1.29 is 19.0 Å². The first-order valence-corrected chi connectivity index (χ1v) is 10.5. The van der Waals surface area contributed by atoms with E-state index in [2.05, 4.69) is 37.1 Å². The summed E-state index contributed by atoms with van der Waals surface area (Å²) in [6.45, 7) is 10.7. The number of alkyl carbamates (subject to hydrolysis) is 1. The Bertz CT molecular complexity index is 603. The summed E-state index contributed by atoms with van der Waals surface area (Å²) in [7, 11) is 0. The molecule has 4 rings (SSSR count). The maximum absolute atomic E-state index is 11.5. The molecule has 1 N–H and O–H groups in total. The van der Waals surface area contributed by atoms with Crippen LogP contribution in [0.1, 0.15) is 59.8 Å². The number of nitrogens with one attached hydrogen (secondary N) is 1. The van der Waals surface area contributed by atoms with Gasteiger partial charge in [-0.2, -0.15) is 0 Å². The molecule has 1 unspecified atom stereocenters. The van der Waals surface area contributed by atoms with Crippen molar-refractivity contribution in [2.24, 2.45) is 0 Å². The molecule has 1 aliphatic carbocycles. The zero-order valence-electron chi connectivity index (χ0n) is 17.1. The fourth-order valence-corrected chi connectivity index (χ4v) is 4.98. The fourth-order valence-electron chi connectivity index (χ4n) is 4.98. The molecule has 0 radical (unpaired) electrons. The summed E-state index contributed by atoms with van der Waals surface area (Å²) in [4.78, 5) is 13.9. The summed E-state index contributed by atoms with van der Waals surface area (Å²) in [6.07, 6.45) is 8.18. The van der Waals surface area contributed by atoms with Gasteiger partial charge in [-0.15, -0.1) is 0 Å². The second-order valence-electron chi connectivity index (χ2n) is 9.11. The molecule has 4 aliphatic rings. The third-order valence-corrected chi connectivity index (χ3v) is 6.80. The van der Waals surface area contributed by atoms with E-state index in [1.54, 1.807) is 0 Å². The highest BCUT2D eigenvalue weighted by Crippen LogP contribution is 2.60. The lowest BCUT2D eigenvalue weighted by atomic mass is 9.78. The Kier molecular flexibility index (Phi) is 5.02. The van der Waals surface area contributed by atoms with Crippen LogP contribution in [0.25, 0.3) is 0 Å². The smallest absolute Gasteiger partial charge is 0.407 e. The van der Waals surface area contributed by atoms with Crippen LogP contribution in [0.2, 0.25) is 0 Å². The molecule has 1 amide bonds. The van der Waals surface area contributed by atoms with Crippen molar-refractivity contribution in [2.75, 3.05) is 19.6 Å². The third-order valence-electron chi connectivity index (χ3n) is 6.80. The van der Waals surface area contributed by atoms with Gasteiger partial charge in [0, 0.05) is 25.7 Å². The summed E-state index contributed by atoms with van der Waals surface area (Å²) in [5.74, 6) is 0. The molecular formula is C21H34N2O4. The minimum absolute atomic E-state index is 0.0481.